The van der Waals surface area contributed by atoms with Gasteiger partial charge in [0.1, 0.15) is 17.8 Å². The maximum absolute atomic E-state index is 12.4. The minimum absolute atomic E-state index is 0.214. The summed E-state index contributed by atoms with van der Waals surface area (Å²) in [6.45, 7) is 1.21. The van der Waals surface area contributed by atoms with Gasteiger partial charge in [0.15, 0.2) is 0 Å². The van der Waals surface area contributed by atoms with Crippen molar-refractivity contribution < 1.29 is 4.79 Å². The van der Waals surface area contributed by atoms with E-state index >= 15 is 0 Å². The molecule has 0 unspecified atom stereocenters. The second-order valence-electron chi connectivity index (χ2n) is 6.24. The largest absolute Gasteiger partial charge is 0.355 e. The van der Waals surface area contributed by atoms with E-state index in [1.807, 2.05) is 54.4 Å². The van der Waals surface area contributed by atoms with Crippen molar-refractivity contribution in [3.63, 3.8) is 0 Å². The number of carbonyl (C=O) groups is 1. The van der Waals surface area contributed by atoms with Crippen LogP contribution in [0.25, 0.3) is 0 Å². The first-order chi connectivity index (χ1) is 13.1. The van der Waals surface area contributed by atoms with Gasteiger partial charge in [-0.05, 0) is 29.7 Å². The van der Waals surface area contributed by atoms with Crippen LogP contribution in [0.1, 0.15) is 21.6 Å². The molecule has 27 heavy (non-hydrogen) atoms. The van der Waals surface area contributed by atoms with Crippen molar-refractivity contribution >= 4 is 23.3 Å². The molecule has 6 heteroatoms. The number of hydrogen-bond donors (Lipinski definition) is 1. The molecule has 0 saturated heterocycles. The Balaban J connectivity index is 1.58. The number of hydrogen-bond acceptors (Lipinski definition) is 4. The topological polar surface area (TPSA) is 58.1 Å². The summed E-state index contributed by atoms with van der Waals surface area (Å²) in [6.07, 6.45) is 2.13. The minimum atomic E-state index is -0.214. The number of amides is 1. The summed E-state index contributed by atoms with van der Waals surface area (Å²) in [7, 11) is 1.94. The lowest BCUT2D eigenvalue weighted by atomic mass is 10.1. The molecule has 0 fully saturated rings. The van der Waals surface area contributed by atoms with Crippen LogP contribution in [0.3, 0.4) is 0 Å². The van der Waals surface area contributed by atoms with Gasteiger partial charge in [0.25, 0.3) is 5.91 Å². The van der Waals surface area contributed by atoms with Crippen LogP contribution in [0.15, 0.2) is 67.0 Å². The molecule has 0 bridgehead atoms. The number of rotatable bonds is 7. The average molecular weight is 381 g/mol. The molecular weight excluding hydrogens is 360 g/mol. The van der Waals surface area contributed by atoms with Gasteiger partial charge in [0, 0.05) is 31.2 Å². The van der Waals surface area contributed by atoms with E-state index in [2.05, 4.69) is 27.4 Å². The summed E-state index contributed by atoms with van der Waals surface area (Å²) in [5.74, 6) is 0.489. The SMILES string of the molecule is CN(Cc1ccccc1)c1cc(C(=O)NCCc2cccc(Cl)c2)ncn1. The molecule has 0 atom stereocenters. The Kier molecular flexibility index (Phi) is 6.39. The monoisotopic (exact) mass is 380 g/mol. The van der Waals surface area contributed by atoms with E-state index in [0.717, 1.165) is 5.56 Å². The van der Waals surface area contributed by atoms with Crippen LogP contribution >= 0.6 is 11.6 Å². The van der Waals surface area contributed by atoms with E-state index in [4.69, 9.17) is 11.6 Å². The van der Waals surface area contributed by atoms with Gasteiger partial charge in [-0.15, -0.1) is 0 Å². The fourth-order valence-electron chi connectivity index (χ4n) is 2.72. The highest BCUT2D eigenvalue weighted by Crippen LogP contribution is 2.13. The molecular formula is C21H21ClN4O. The lowest BCUT2D eigenvalue weighted by molar-refractivity contribution is 0.0949. The number of benzene rings is 2. The predicted molar refractivity (Wildman–Crippen MR) is 108 cm³/mol. The van der Waals surface area contributed by atoms with Crippen LogP contribution in [0.2, 0.25) is 5.02 Å². The average Bonchev–Trinajstić information content (AvgIpc) is 2.69. The number of nitrogens with zero attached hydrogens (tertiary/aromatic N) is 3. The van der Waals surface area contributed by atoms with Crippen molar-refractivity contribution in [3.05, 3.63) is 88.8 Å². The van der Waals surface area contributed by atoms with Gasteiger partial charge >= 0.3 is 0 Å². The second kappa shape index (κ2) is 9.14. The molecule has 0 aliphatic heterocycles. The second-order valence-corrected chi connectivity index (χ2v) is 6.68. The molecule has 3 rings (SSSR count). The maximum atomic E-state index is 12.4. The van der Waals surface area contributed by atoms with Crippen molar-refractivity contribution in [3.8, 4) is 0 Å². The Morgan fingerprint density at radius 2 is 1.81 bits per heavy atom. The number of anilines is 1. The van der Waals surface area contributed by atoms with E-state index in [9.17, 15) is 4.79 Å². The Hall–Kier alpha value is -2.92. The lowest BCUT2D eigenvalue weighted by Crippen LogP contribution is -2.27. The molecule has 3 aromatic rings. The smallest absolute Gasteiger partial charge is 0.270 e. The van der Waals surface area contributed by atoms with Gasteiger partial charge in [0.2, 0.25) is 0 Å². The zero-order valence-electron chi connectivity index (χ0n) is 15.1. The highest BCUT2D eigenvalue weighted by Gasteiger charge is 2.11. The summed E-state index contributed by atoms with van der Waals surface area (Å²) < 4.78 is 0. The van der Waals surface area contributed by atoms with Crippen LogP contribution in [-0.2, 0) is 13.0 Å². The molecule has 0 aliphatic carbocycles. The van der Waals surface area contributed by atoms with E-state index in [1.165, 1.54) is 11.9 Å². The van der Waals surface area contributed by atoms with Crippen molar-refractivity contribution in [1.29, 1.82) is 0 Å². The van der Waals surface area contributed by atoms with E-state index in [-0.39, 0.29) is 5.91 Å². The first kappa shape index (κ1) is 18.9. The highest BCUT2D eigenvalue weighted by molar-refractivity contribution is 6.30. The van der Waals surface area contributed by atoms with E-state index in [0.29, 0.717) is 36.0 Å². The summed E-state index contributed by atoms with van der Waals surface area (Å²) in [4.78, 5) is 22.7. The molecule has 2 aromatic carbocycles. The number of carbonyl (C=O) groups excluding carboxylic acids is 1. The van der Waals surface area contributed by atoms with Gasteiger partial charge in [-0.2, -0.15) is 0 Å². The number of halogens is 1. The molecule has 5 nitrogen and oxygen atoms in total. The van der Waals surface area contributed by atoms with Crippen molar-refractivity contribution in [2.75, 3.05) is 18.5 Å². The third kappa shape index (κ3) is 5.53. The molecule has 138 valence electrons. The fourth-order valence-corrected chi connectivity index (χ4v) is 2.93. The number of nitrogens with one attached hydrogen (secondary N) is 1. The van der Waals surface area contributed by atoms with E-state index in [1.54, 1.807) is 6.07 Å². The predicted octanol–water partition coefficient (Wildman–Crippen LogP) is 3.74. The van der Waals surface area contributed by atoms with Crippen molar-refractivity contribution in [2.45, 2.75) is 13.0 Å². The molecule has 0 radical (unpaired) electrons. The summed E-state index contributed by atoms with van der Waals surface area (Å²) >= 11 is 5.98. The number of aromatic nitrogens is 2. The van der Waals surface area contributed by atoms with Crippen LogP contribution in [-0.4, -0.2) is 29.5 Å². The maximum Gasteiger partial charge on any atom is 0.270 e. The van der Waals surface area contributed by atoms with Crippen molar-refractivity contribution in [2.24, 2.45) is 0 Å². The fraction of sp³-hybridized carbons (Fsp3) is 0.190. The lowest BCUT2D eigenvalue weighted by Gasteiger charge is -2.18. The highest BCUT2D eigenvalue weighted by atomic mass is 35.5. The van der Waals surface area contributed by atoms with Crippen LogP contribution in [0.4, 0.5) is 5.82 Å². The Labute approximate surface area is 164 Å². The quantitative estimate of drug-likeness (QED) is 0.678. The van der Waals surface area contributed by atoms with Gasteiger partial charge in [0.05, 0.1) is 0 Å². The molecule has 0 aliphatic rings. The minimum Gasteiger partial charge on any atom is -0.355 e. The Morgan fingerprint density at radius 1 is 1.04 bits per heavy atom. The van der Waals surface area contributed by atoms with Gasteiger partial charge < -0.3 is 10.2 Å². The molecule has 1 aromatic heterocycles. The standard InChI is InChI=1S/C21H21ClN4O/c1-26(14-17-6-3-2-4-7-17)20-13-19(24-15-25-20)21(27)23-11-10-16-8-5-9-18(22)12-16/h2-9,12-13,15H,10-11,14H2,1H3,(H,23,27). The third-order valence-corrected chi connectivity index (χ3v) is 4.36. The summed E-state index contributed by atoms with van der Waals surface area (Å²) in [5.41, 5.74) is 2.60. The Bertz CT molecular complexity index is 901. The van der Waals surface area contributed by atoms with E-state index < -0.39 is 0 Å². The van der Waals surface area contributed by atoms with Gasteiger partial charge in [-0.3, -0.25) is 4.79 Å². The molecule has 0 spiro atoms. The third-order valence-electron chi connectivity index (χ3n) is 4.13. The zero-order valence-corrected chi connectivity index (χ0v) is 15.9. The molecule has 0 saturated carbocycles. The molecule has 1 amide bonds. The summed E-state index contributed by atoms with van der Waals surface area (Å²) in [5, 5.41) is 3.59. The van der Waals surface area contributed by atoms with Crippen LogP contribution in [0, 0.1) is 0 Å². The van der Waals surface area contributed by atoms with Crippen LogP contribution in [0.5, 0.6) is 0 Å². The Morgan fingerprint density at radius 3 is 2.59 bits per heavy atom. The van der Waals surface area contributed by atoms with Crippen molar-refractivity contribution in [1.82, 2.24) is 15.3 Å². The molecule has 1 heterocycles. The zero-order chi connectivity index (χ0) is 19.1. The first-order valence-electron chi connectivity index (χ1n) is 8.71. The van der Waals surface area contributed by atoms with Gasteiger partial charge in [-0.1, -0.05) is 54.1 Å². The van der Waals surface area contributed by atoms with Gasteiger partial charge in [-0.25, -0.2) is 9.97 Å². The van der Waals surface area contributed by atoms with Crippen LogP contribution < -0.4 is 10.2 Å². The first-order valence-corrected chi connectivity index (χ1v) is 9.09. The molecule has 1 N–H and O–H groups in total. The normalized spacial score (nSPS) is 10.4. The summed E-state index contributed by atoms with van der Waals surface area (Å²) in [6, 6.07) is 19.4.